The lowest BCUT2D eigenvalue weighted by molar-refractivity contribution is -0.139. The minimum atomic E-state index is -1.12. The fourth-order valence-corrected chi connectivity index (χ4v) is 3.02. The summed E-state index contributed by atoms with van der Waals surface area (Å²) < 4.78 is 7.21. The maximum absolute atomic E-state index is 12.5. The summed E-state index contributed by atoms with van der Waals surface area (Å²) in [6.45, 7) is 8.18. The number of carboxylic acid groups (broad SMARTS) is 1. The van der Waals surface area contributed by atoms with Crippen molar-refractivity contribution in [2.24, 2.45) is 7.05 Å². The molecule has 8 heteroatoms. The summed E-state index contributed by atoms with van der Waals surface area (Å²) in [7, 11) is 1.75. The van der Waals surface area contributed by atoms with Crippen LogP contribution in [-0.4, -0.2) is 57.1 Å². The van der Waals surface area contributed by atoms with E-state index in [0.29, 0.717) is 24.3 Å². The third-order valence-electron chi connectivity index (χ3n) is 4.08. The lowest BCUT2D eigenvalue weighted by atomic mass is 10.1. The maximum Gasteiger partial charge on any atom is 0.331 e. The first-order chi connectivity index (χ1) is 10.7. The van der Waals surface area contributed by atoms with Crippen molar-refractivity contribution in [3.05, 3.63) is 17.0 Å². The number of aliphatic carboxylic acids is 1. The van der Waals surface area contributed by atoms with E-state index in [1.807, 2.05) is 13.8 Å². The number of rotatable bonds is 3. The second-order valence-electron chi connectivity index (χ2n) is 6.09. The predicted molar refractivity (Wildman–Crippen MR) is 83.2 cm³/mol. The highest BCUT2D eigenvalue weighted by Gasteiger charge is 2.32. The minimum Gasteiger partial charge on any atom is -0.479 e. The molecule has 1 aliphatic rings. The molecule has 2 N–H and O–H groups in total. The second kappa shape index (κ2) is 6.57. The van der Waals surface area contributed by atoms with Gasteiger partial charge < -0.3 is 20.1 Å². The molecule has 0 aromatic carbocycles. The van der Waals surface area contributed by atoms with E-state index in [-0.39, 0.29) is 12.2 Å². The van der Waals surface area contributed by atoms with E-state index in [0.717, 1.165) is 5.69 Å². The van der Waals surface area contributed by atoms with Crippen molar-refractivity contribution in [1.82, 2.24) is 20.0 Å². The van der Waals surface area contributed by atoms with Crippen LogP contribution in [0.15, 0.2) is 0 Å². The van der Waals surface area contributed by atoms with Gasteiger partial charge in [-0.05, 0) is 27.7 Å². The Labute approximate surface area is 135 Å². The number of carbonyl (C=O) groups excluding carboxylic acids is 1. The van der Waals surface area contributed by atoms with E-state index >= 15 is 0 Å². The third kappa shape index (κ3) is 3.64. The molecular weight excluding hydrogens is 300 g/mol. The third-order valence-corrected chi connectivity index (χ3v) is 4.08. The average Bonchev–Trinajstić information content (AvgIpc) is 2.68. The van der Waals surface area contributed by atoms with Crippen LogP contribution in [0.5, 0.6) is 0 Å². The Hall–Kier alpha value is -2.09. The first-order valence-corrected chi connectivity index (χ1v) is 7.64. The highest BCUT2D eigenvalue weighted by atomic mass is 16.5. The zero-order chi connectivity index (χ0) is 17.3. The molecule has 0 aliphatic carbocycles. The number of aromatic nitrogens is 2. The maximum atomic E-state index is 12.5. The monoisotopic (exact) mass is 324 g/mol. The number of aryl methyl sites for hydroxylation is 2. The zero-order valence-corrected chi connectivity index (χ0v) is 14.2. The molecule has 1 fully saturated rings. The fourth-order valence-electron chi connectivity index (χ4n) is 3.02. The zero-order valence-electron chi connectivity index (χ0n) is 14.2. The Balaban J connectivity index is 2.20. The van der Waals surface area contributed by atoms with Gasteiger partial charge in [-0.1, -0.05) is 0 Å². The van der Waals surface area contributed by atoms with Crippen molar-refractivity contribution in [1.29, 1.82) is 0 Å². The summed E-state index contributed by atoms with van der Waals surface area (Å²) >= 11 is 0. The van der Waals surface area contributed by atoms with Gasteiger partial charge in [0.1, 0.15) is 0 Å². The molecule has 1 aromatic heterocycles. The Morgan fingerprint density at radius 1 is 1.30 bits per heavy atom. The van der Waals surface area contributed by atoms with Gasteiger partial charge >= 0.3 is 12.0 Å². The Morgan fingerprint density at radius 3 is 2.30 bits per heavy atom. The molecule has 2 heterocycles. The van der Waals surface area contributed by atoms with Crippen molar-refractivity contribution >= 4 is 12.0 Å². The highest BCUT2D eigenvalue weighted by molar-refractivity contribution is 5.84. The summed E-state index contributed by atoms with van der Waals surface area (Å²) in [5, 5.41) is 16.4. The molecule has 0 spiro atoms. The molecule has 0 bridgehead atoms. The number of hydrogen-bond acceptors (Lipinski definition) is 4. The predicted octanol–water partition coefficient (Wildman–Crippen LogP) is 0.981. The van der Waals surface area contributed by atoms with Crippen molar-refractivity contribution in [3.63, 3.8) is 0 Å². The lowest BCUT2D eigenvalue weighted by Gasteiger charge is -2.35. The quantitative estimate of drug-likeness (QED) is 0.864. The largest absolute Gasteiger partial charge is 0.479 e. The Morgan fingerprint density at radius 2 is 1.87 bits per heavy atom. The van der Waals surface area contributed by atoms with Crippen molar-refractivity contribution < 1.29 is 19.4 Å². The van der Waals surface area contributed by atoms with Crippen molar-refractivity contribution in [3.8, 4) is 0 Å². The van der Waals surface area contributed by atoms with Gasteiger partial charge in [0, 0.05) is 31.4 Å². The topological polar surface area (TPSA) is 96.7 Å². The number of ether oxygens (including phenoxy) is 1. The summed E-state index contributed by atoms with van der Waals surface area (Å²) in [5.41, 5.74) is 1.85. The molecule has 0 saturated carbocycles. The SMILES string of the molecule is Cc1nn(C)c(C)c1C(NC(=O)N1C[C@@H](C)O[C@@H](C)C1)C(=O)O. The van der Waals surface area contributed by atoms with E-state index in [2.05, 4.69) is 10.4 Å². The Kier molecular flexibility index (Phi) is 4.93. The highest BCUT2D eigenvalue weighted by Crippen LogP contribution is 2.22. The van der Waals surface area contributed by atoms with E-state index in [1.54, 1.807) is 30.5 Å². The molecule has 0 radical (unpaired) electrons. The van der Waals surface area contributed by atoms with Gasteiger partial charge in [-0.2, -0.15) is 5.10 Å². The van der Waals surface area contributed by atoms with Crippen LogP contribution in [0.4, 0.5) is 4.79 Å². The van der Waals surface area contributed by atoms with Gasteiger partial charge in [0.05, 0.1) is 17.9 Å². The summed E-state index contributed by atoms with van der Waals surface area (Å²) in [6.07, 6.45) is -0.149. The van der Waals surface area contributed by atoms with Crippen LogP contribution in [0.3, 0.4) is 0 Å². The van der Waals surface area contributed by atoms with Crippen LogP contribution < -0.4 is 5.32 Å². The number of carboxylic acids is 1. The smallest absolute Gasteiger partial charge is 0.331 e. The van der Waals surface area contributed by atoms with Gasteiger partial charge in [-0.15, -0.1) is 0 Å². The molecule has 3 atom stereocenters. The number of carbonyl (C=O) groups is 2. The number of nitrogens with zero attached hydrogens (tertiary/aromatic N) is 3. The summed E-state index contributed by atoms with van der Waals surface area (Å²) in [6, 6.07) is -1.52. The number of hydrogen-bond donors (Lipinski definition) is 2. The molecule has 1 unspecified atom stereocenters. The second-order valence-corrected chi connectivity index (χ2v) is 6.09. The molecule has 8 nitrogen and oxygen atoms in total. The molecule has 1 aromatic rings. The average molecular weight is 324 g/mol. The molecule has 23 heavy (non-hydrogen) atoms. The number of urea groups is 1. The van der Waals surface area contributed by atoms with Gasteiger partial charge in [-0.25, -0.2) is 9.59 Å². The molecular formula is C15H24N4O4. The molecule has 1 saturated heterocycles. The molecule has 1 aliphatic heterocycles. The van der Waals surface area contributed by atoms with E-state index in [9.17, 15) is 14.7 Å². The van der Waals surface area contributed by atoms with Crippen LogP contribution in [0, 0.1) is 13.8 Å². The summed E-state index contributed by atoms with van der Waals surface area (Å²) in [5.74, 6) is -1.10. The van der Waals surface area contributed by atoms with E-state index < -0.39 is 18.0 Å². The van der Waals surface area contributed by atoms with Crippen molar-refractivity contribution in [2.45, 2.75) is 45.9 Å². The summed E-state index contributed by atoms with van der Waals surface area (Å²) in [4.78, 5) is 25.7. The van der Waals surface area contributed by atoms with Crippen LogP contribution in [-0.2, 0) is 16.6 Å². The Bertz CT molecular complexity index is 603. The molecule has 2 rings (SSSR count). The van der Waals surface area contributed by atoms with Crippen LogP contribution >= 0.6 is 0 Å². The normalized spacial score (nSPS) is 22.7. The lowest BCUT2D eigenvalue weighted by Crippen LogP contribution is -2.53. The van der Waals surface area contributed by atoms with Gasteiger partial charge in [-0.3, -0.25) is 4.68 Å². The standard InChI is InChI=1S/C15H24N4O4/c1-8-6-19(7-9(2)23-8)15(22)16-13(14(20)21)12-10(3)17-18(5)11(12)4/h8-9,13H,6-7H2,1-5H3,(H,16,22)(H,20,21)/t8-,9+,13?. The first-order valence-electron chi connectivity index (χ1n) is 7.64. The van der Waals surface area contributed by atoms with Crippen LogP contribution in [0.1, 0.15) is 36.8 Å². The number of nitrogens with one attached hydrogen (secondary N) is 1. The molecule has 128 valence electrons. The number of morpholine rings is 1. The number of amides is 2. The van der Waals surface area contributed by atoms with E-state index in [1.165, 1.54) is 0 Å². The fraction of sp³-hybridized carbons (Fsp3) is 0.667. The van der Waals surface area contributed by atoms with Gasteiger partial charge in [0.15, 0.2) is 6.04 Å². The van der Waals surface area contributed by atoms with Gasteiger partial charge in [0.25, 0.3) is 0 Å². The van der Waals surface area contributed by atoms with Crippen molar-refractivity contribution in [2.75, 3.05) is 13.1 Å². The van der Waals surface area contributed by atoms with Gasteiger partial charge in [0.2, 0.25) is 0 Å². The first kappa shape index (κ1) is 17.3. The van der Waals surface area contributed by atoms with E-state index in [4.69, 9.17) is 4.74 Å². The molecule has 2 amide bonds. The van der Waals surface area contributed by atoms with Crippen LogP contribution in [0.2, 0.25) is 0 Å². The minimum absolute atomic E-state index is 0.0744. The van der Waals surface area contributed by atoms with Crippen LogP contribution in [0.25, 0.3) is 0 Å².